The van der Waals surface area contributed by atoms with Crippen LogP contribution >= 0.6 is 35.3 Å². The van der Waals surface area contributed by atoms with E-state index in [4.69, 9.17) is 0 Å². The third-order valence-electron chi connectivity index (χ3n) is 3.52. The highest BCUT2D eigenvalue weighted by Gasteiger charge is 2.22. The lowest BCUT2D eigenvalue weighted by Gasteiger charge is -2.20. The molecule has 2 heterocycles. The van der Waals surface area contributed by atoms with E-state index in [1.165, 1.54) is 5.01 Å². The number of aliphatic hydroxyl groups excluding tert-OH is 1. The number of nitrogens with zero attached hydrogens (tertiary/aromatic N) is 3. The van der Waals surface area contributed by atoms with Crippen LogP contribution in [0, 0.1) is 6.92 Å². The van der Waals surface area contributed by atoms with E-state index >= 15 is 0 Å². The van der Waals surface area contributed by atoms with Crippen molar-refractivity contribution in [2.24, 2.45) is 4.99 Å². The first-order valence-electron chi connectivity index (χ1n) is 7.81. The minimum absolute atomic E-state index is 0. The van der Waals surface area contributed by atoms with Gasteiger partial charge in [-0.1, -0.05) is 0 Å². The van der Waals surface area contributed by atoms with Gasteiger partial charge in [-0.05, 0) is 39.5 Å². The van der Waals surface area contributed by atoms with Crippen LogP contribution in [0.2, 0.25) is 0 Å². The molecule has 0 unspecified atom stereocenters. The molecule has 2 rings (SSSR count). The van der Waals surface area contributed by atoms with Gasteiger partial charge >= 0.3 is 0 Å². The average molecular weight is 438 g/mol. The molecular formula is C15H27IN4OS. The van der Waals surface area contributed by atoms with E-state index in [0.717, 1.165) is 57.0 Å². The first kappa shape index (κ1) is 19.6. The summed E-state index contributed by atoms with van der Waals surface area (Å²) in [5.74, 6) is 0.944. The van der Waals surface area contributed by atoms with Gasteiger partial charge in [-0.3, -0.25) is 4.99 Å². The number of rotatable bonds is 6. The molecule has 1 aliphatic heterocycles. The van der Waals surface area contributed by atoms with Gasteiger partial charge < -0.3 is 15.3 Å². The molecule has 1 fully saturated rings. The van der Waals surface area contributed by atoms with E-state index in [1.54, 1.807) is 11.3 Å². The number of unbranched alkanes of at least 4 members (excludes halogenated alkanes) is 1. The zero-order valence-corrected chi connectivity index (χ0v) is 16.6. The Labute approximate surface area is 154 Å². The first-order valence-corrected chi connectivity index (χ1v) is 8.69. The Hall–Kier alpha value is -0.410. The molecule has 1 atom stereocenters. The topological polar surface area (TPSA) is 60.8 Å². The zero-order valence-electron chi connectivity index (χ0n) is 13.4. The van der Waals surface area contributed by atoms with Crippen molar-refractivity contribution in [3.8, 4) is 0 Å². The number of aromatic nitrogens is 1. The highest BCUT2D eigenvalue weighted by Crippen LogP contribution is 2.12. The summed E-state index contributed by atoms with van der Waals surface area (Å²) in [6.07, 6.45) is 3.88. The van der Waals surface area contributed by atoms with Gasteiger partial charge in [0.05, 0.1) is 11.1 Å². The first-order chi connectivity index (χ1) is 10.2. The minimum Gasteiger partial charge on any atom is -0.391 e. The van der Waals surface area contributed by atoms with Crippen LogP contribution in [0.1, 0.15) is 36.9 Å². The Kier molecular flexibility index (Phi) is 9.27. The Morgan fingerprint density at radius 3 is 2.95 bits per heavy atom. The summed E-state index contributed by atoms with van der Waals surface area (Å²) in [7, 11) is 0. The van der Waals surface area contributed by atoms with Crippen molar-refractivity contribution in [2.45, 2.75) is 45.6 Å². The maximum absolute atomic E-state index is 9.62. The molecule has 0 aliphatic carbocycles. The Balaban J connectivity index is 0.00000242. The number of halogens is 1. The van der Waals surface area contributed by atoms with Crippen LogP contribution in [-0.4, -0.2) is 53.2 Å². The van der Waals surface area contributed by atoms with Gasteiger partial charge in [0.2, 0.25) is 0 Å². The van der Waals surface area contributed by atoms with Crippen molar-refractivity contribution >= 4 is 41.3 Å². The van der Waals surface area contributed by atoms with Crippen LogP contribution in [0.3, 0.4) is 0 Å². The number of nitrogens with one attached hydrogen (secondary N) is 1. The van der Waals surface area contributed by atoms with Crippen LogP contribution in [0.25, 0.3) is 0 Å². The van der Waals surface area contributed by atoms with E-state index in [1.807, 2.05) is 6.92 Å². The van der Waals surface area contributed by atoms with Crippen LogP contribution in [0.4, 0.5) is 0 Å². The van der Waals surface area contributed by atoms with E-state index in [-0.39, 0.29) is 30.1 Å². The summed E-state index contributed by atoms with van der Waals surface area (Å²) >= 11 is 1.75. The Morgan fingerprint density at radius 1 is 1.55 bits per heavy atom. The molecule has 1 aliphatic rings. The largest absolute Gasteiger partial charge is 0.391 e. The highest BCUT2D eigenvalue weighted by molar-refractivity contribution is 14.0. The van der Waals surface area contributed by atoms with E-state index in [0.29, 0.717) is 6.54 Å². The quantitative estimate of drug-likeness (QED) is 0.310. The molecular weight excluding hydrogens is 411 g/mol. The second-order valence-electron chi connectivity index (χ2n) is 5.46. The smallest absolute Gasteiger partial charge is 0.194 e. The molecule has 1 aromatic rings. The number of thiazole rings is 1. The lowest BCUT2D eigenvalue weighted by atomic mass is 10.2. The van der Waals surface area contributed by atoms with E-state index in [9.17, 15) is 5.11 Å². The van der Waals surface area contributed by atoms with Crippen molar-refractivity contribution in [1.82, 2.24) is 15.2 Å². The molecule has 0 radical (unpaired) electrons. The van der Waals surface area contributed by atoms with Crippen LogP contribution in [0.15, 0.2) is 10.4 Å². The number of aliphatic imine (C=N–C) groups is 1. The zero-order chi connectivity index (χ0) is 15.1. The minimum atomic E-state index is -0.206. The number of hydrogen-bond acceptors (Lipinski definition) is 4. The fraction of sp³-hybridized carbons (Fsp3) is 0.733. The van der Waals surface area contributed by atoms with Crippen molar-refractivity contribution < 1.29 is 5.11 Å². The standard InChI is InChI=1S/C15H26N4OS.HI/c1-3-16-15(19-9-7-13(20)10-19)17-8-5-4-6-14-18-12(2)11-21-14;/h11,13,20H,3-10H2,1-2H3,(H,16,17);1H/t13-;/m1./s1. The molecule has 5 nitrogen and oxygen atoms in total. The molecule has 1 aromatic heterocycles. The number of aryl methyl sites for hydroxylation is 2. The number of likely N-dealkylation sites (tertiary alicyclic amines) is 1. The molecule has 0 spiro atoms. The Morgan fingerprint density at radius 2 is 2.36 bits per heavy atom. The van der Waals surface area contributed by atoms with Crippen molar-refractivity contribution in [3.63, 3.8) is 0 Å². The van der Waals surface area contributed by atoms with Gasteiger partial charge in [0.1, 0.15) is 0 Å². The molecule has 126 valence electrons. The van der Waals surface area contributed by atoms with Gasteiger partial charge in [-0.15, -0.1) is 35.3 Å². The van der Waals surface area contributed by atoms with Gasteiger partial charge in [-0.25, -0.2) is 4.98 Å². The fourth-order valence-corrected chi connectivity index (χ4v) is 3.27. The maximum atomic E-state index is 9.62. The molecule has 22 heavy (non-hydrogen) atoms. The second kappa shape index (κ2) is 10.4. The lowest BCUT2D eigenvalue weighted by Crippen LogP contribution is -2.40. The summed E-state index contributed by atoms with van der Waals surface area (Å²) in [6.45, 7) is 7.41. The monoisotopic (exact) mass is 438 g/mol. The van der Waals surface area contributed by atoms with Crippen molar-refractivity contribution in [1.29, 1.82) is 0 Å². The van der Waals surface area contributed by atoms with Crippen molar-refractivity contribution in [3.05, 3.63) is 16.1 Å². The molecule has 7 heteroatoms. The van der Waals surface area contributed by atoms with Crippen LogP contribution in [0.5, 0.6) is 0 Å². The van der Waals surface area contributed by atoms with Gasteiger partial charge in [0.15, 0.2) is 5.96 Å². The molecule has 0 aromatic carbocycles. The normalized spacial score (nSPS) is 18.4. The second-order valence-corrected chi connectivity index (χ2v) is 6.41. The van der Waals surface area contributed by atoms with Crippen LogP contribution < -0.4 is 5.32 Å². The summed E-state index contributed by atoms with van der Waals surface area (Å²) in [5, 5.41) is 16.3. The van der Waals surface area contributed by atoms with Gasteiger partial charge in [-0.2, -0.15) is 0 Å². The lowest BCUT2D eigenvalue weighted by molar-refractivity contribution is 0.188. The Bertz CT molecular complexity index is 466. The summed E-state index contributed by atoms with van der Waals surface area (Å²) < 4.78 is 0. The fourth-order valence-electron chi connectivity index (χ4n) is 2.45. The highest BCUT2D eigenvalue weighted by atomic mass is 127. The van der Waals surface area contributed by atoms with E-state index in [2.05, 4.69) is 32.5 Å². The van der Waals surface area contributed by atoms with Crippen molar-refractivity contribution in [2.75, 3.05) is 26.2 Å². The number of hydrogen-bond donors (Lipinski definition) is 2. The summed E-state index contributed by atoms with van der Waals surface area (Å²) in [6, 6.07) is 0. The molecule has 0 saturated carbocycles. The molecule has 0 bridgehead atoms. The third-order valence-corrected chi connectivity index (χ3v) is 4.55. The average Bonchev–Trinajstić information content (AvgIpc) is 3.06. The summed E-state index contributed by atoms with van der Waals surface area (Å²) in [4.78, 5) is 11.3. The molecule has 0 amide bonds. The molecule has 2 N–H and O–H groups in total. The number of β-amino-alcohol motifs (C(OH)–C–C–N with tert-alkyl or cyclic N) is 1. The maximum Gasteiger partial charge on any atom is 0.194 e. The third kappa shape index (κ3) is 6.37. The predicted molar refractivity (Wildman–Crippen MR) is 103 cm³/mol. The molecule has 1 saturated heterocycles. The number of aliphatic hydroxyl groups is 1. The summed E-state index contributed by atoms with van der Waals surface area (Å²) in [5.41, 5.74) is 1.12. The van der Waals surface area contributed by atoms with E-state index < -0.39 is 0 Å². The van der Waals surface area contributed by atoms with Crippen LogP contribution in [-0.2, 0) is 6.42 Å². The SMILES string of the molecule is CCNC(=NCCCCc1nc(C)cs1)N1CC[C@@H](O)C1.I. The predicted octanol–water partition coefficient (Wildman–Crippen LogP) is 2.42. The van der Waals surface area contributed by atoms with Gasteiger partial charge in [0, 0.05) is 37.3 Å². The number of guanidine groups is 1. The van der Waals surface area contributed by atoms with Gasteiger partial charge in [0.25, 0.3) is 0 Å².